The van der Waals surface area contributed by atoms with Gasteiger partial charge in [-0.15, -0.1) is 11.3 Å². The Morgan fingerprint density at radius 3 is 2.39 bits per heavy atom. The number of rotatable bonds is 5. The van der Waals surface area contributed by atoms with Crippen LogP contribution in [0.15, 0.2) is 58.8 Å². The number of nitrogens with zero attached hydrogens (tertiary/aromatic N) is 3. The summed E-state index contributed by atoms with van der Waals surface area (Å²) in [6, 6.07) is 12.2. The number of benzene rings is 2. The average Bonchev–Trinajstić information content (AvgIpc) is 3.24. The number of thiazole rings is 1. The van der Waals surface area contributed by atoms with Gasteiger partial charge in [0, 0.05) is 37.1 Å². The summed E-state index contributed by atoms with van der Waals surface area (Å²) in [7, 11) is -3.96. The van der Waals surface area contributed by atoms with E-state index in [2.05, 4.69) is 4.98 Å². The van der Waals surface area contributed by atoms with E-state index in [0.29, 0.717) is 11.8 Å². The minimum absolute atomic E-state index is 0.0827. The average molecular weight is 464 g/mol. The molecular formula is C21H19F2N3O3S2. The molecular weight excluding hydrogens is 444 g/mol. The number of carbonyl (C=O) groups is 1. The topological polar surface area (TPSA) is 70.6 Å². The van der Waals surface area contributed by atoms with Gasteiger partial charge in [-0.1, -0.05) is 30.3 Å². The molecule has 0 unspecified atom stereocenters. The molecule has 2 aromatic carbocycles. The lowest BCUT2D eigenvalue weighted by Gasteiger charge is -2.34. The first-order valence-electron chi connectivity index (χ1n) is 9.57. The van der Waals surface area contributed by atoms with E-state index in [1.54, 1.807) is 4.90 Å². The number of sulfonamides is 1. The van der Waals surface area contributed by atoms with Gasteiger partial charge in [0.05, 0.1) is 17.0 Å². The molecule has 162 valence electrons. The van der Waals surface area contributed by atoms with E-state index < -0.39 is 21.7 Å². The van der Waals surface area contributed by atoms with Crippen LogP contribution in [0.1, 0.15) is 5.69 Å². The van der Waals surface area contributed by atoms with Gasteiger partial charge in [0.1, 0.15) is 5.01 Å². The Labute approximate surface area is 182 Å². The maximum atomic E-state index is 13.4. The second-order valence-electron chi connectivity index (χ2n) is 7.05. The van der Waals surface area contributed by atoms with Crippen molar-refractivity contribution in [2.24, 2.45) is 0 Å². The zero-order valence-corrected chi connectivity index (χ0v) is 18.0. The predicted octanol–water partition coefficient (Wildman–Crippen LogP) is 3.16. The Bertz CT molecular complexity index is 1190. The van der Waals surface area contributed by atoms with Crippen molar-refractivity contribution in [3.05, 3.63) is 71.2 Å². The van der Waals surface area contributed by atoms with Gasteiger partial charge < -0.3 is 4.90 Å². The van der Waals surface area contributed by atoms with Crippen LogP contribution in [-0.2, 0) is 21.2 Å². The fraction of sp³-hybridized carbons (Fsp3) is 0.238. The Morgan fingerprint density at radius 1 is 1.00 bits per heavy atom. The Hall–Kier alpha value is -2.69. The molecule has 0 saturated carbocycles. The molecule has 0 spiro atoms. The van der Waals surface area contributed by atoms with Crippen molar-refractivity contribution in [1.29, 1.82) is 0 Å². The van der Waals surface area contributed by atoms with Crippen LogP contribution in [0.3, 0.4) is 0 Å². The van der Waals surface area contributed by atoms with Gasteiger partial charge in [-0.2, -0.15) is 4.31 Å². The molecule has 0 atom stereocenters. The summed E-state index contributed by atoms with van der Waals surface area (Å²) < 4.78 is 53.1. The molecule has 0 N–H and O–H groups in total. The van der Waals surface area contributed by atoms with Crippen molar-refractivity contribution in [3.8, 4) is 10.6 Å². The number of carbonyl (C=O) groups excluding carboxylic acids is 1. The largest absolute Gasteiger partial charge is 0.340 e. The number of amides is 1. The fourth-order valence-electron chi connectivity index (χ4n) is 3.33. The summed E-state index contributed by atoms with van der Waals surface area (Å²) in [5.41, 5.74) is 1.66. The normalized spacial score (nSPS) is 15.2. The van der Waals surface area contributed by atoms with E-state index in [-0.39, 0.29) is 43.4 Å². The van der Waals surface area contributed by atoms with Crippen LogP contribution in [0.4, 0.5) is 8.78 Å². The first-order valence-corrected chi connectivity index (χ1v) is 11.9. The Balaban J connectivity index is 1.37. The highest BCUT2D eigenvalue weighted by Gasteiger charge is 2.30. The third-order valence-corrected chi connectivity index (χ3v) is 7.86. The molecule has 0 bridgehead atoms. The van der Waals surface area contributed by atoms with Gasteiger partial charge in [0.15, 0.2) is 11.6 Å². The van der Waals surface area contributed by atoms with Crippen LogP contribution < -0.4 is 0 Å². The standard InChI is InChI=1S/C21H19F2N3O3S2/c22-18-7-6-17(13-19(18)23)31(28,29)26-10-8-25(9-11-26)20(27)12-16-14-30-21(24-16)15-4-2-1-3-5-15/h1-7,13-14H,8-12H2. The van der Waals surface area contributed by atoms with Gasteiger partial charge >= 0.3 is 0 Å². The van der Waals surface area contributed by atoms with Gasteiger partial charge in [0.2, 0.25) is 15.9 Å². The van der Waals surface area contributed by atoms with E-state index in [1.165, 1.54) is 15.6 Å². The molecule has 31 heavy (non-hydrogen) atoms. The van der Waals surface area contributed by atoms with Gasteiger partial charge in [-0.3, -0.25) is 4.79 Å². The zero-order chi connectivity index (χ0) is 22.0. The Morgan fingerprint density at radius 2 is 1.71 bits per heavy atom. The molecule has 1 saturated heterocycles. The summed E-state index contributed by atoms with van der Waals surface area (Å²) in [6.45, 7) is 0.605. The number of hydrogen-bond acceptors (Lipinski definition) is 5. The van der Waals surface area contributed by atoms with E-state index in [1.807, 2.05) is 35.7 Å². The minimum atomic E-state index is -3.96. The van der Waals surface area contributed by atoms with Crippen LogP contribution in [-0.4, -0.2) is 54.7 Å². The van der Waals surface area contributed by atoms with Gasteiger partial charge in [-0.05, 0) is 18.2 Å². The molecule has 1 aliphatic heterocycles. The second kappa shape index (κ2) is 8.81. The van der Waals surface area contributed by atoms with Crippen LogP contribution >= 0.6 is 11.3 Å². The summed E-state index contributed by atoms with van der Waals surface area (Å²) in [5.74, 6) is -2.45. The SMILES string of the molecule is O=C(Cc1csc(-c2ccccc2)n1)N1CCN(S(=O)(=O)c2ccc(F)c(F)c2)CC1. The number of piperazine rings is 1. The predicted molar refractivity (Wildman–Crippen MR) is 113 cm³/mol. The fourth-order valence-corrected chi connectivity index (χ4v) is 5.59. The van der Waals surface area contributed by atoms with Crippen LogP contribution in [0.2, 0.25) is 0 Å². The van der Waals surface area contributed by atoms with E-state index >= 15 is 0 Å². The van der Waals surface area contributed by atoms with E-state index in [0.717, 1.165) is 22.7 Å². The first kappa shape index (κ1) is 21.5. The highest BCUT2D eigenvalue weighted by atomic mass is 32.2. The lowest BCUT2D eigenvalue weighted by Crippen LogP contribution is -2.50. The zero-order valence-electron chi connectivity index (χ0n) is 16.4. The molecule has 3 aromatic rings. The van der Waals surface area contributed by atoms with Crippen molar-refractivity contribution in [2.45, 2.75) is 11.3 Å². The van der Waals surface area contributed by atoms with Crippen LogP contribution in [0.5, 0.6) is 0 Å². The molecule has 2 heterocycles. The van der Waals surface area contributed by atoms with E-state index in [4.69, 9.17) is 0 Å². The minimum Gasteiger partial charge on any atom is -0.340 e. The highest BCUT2D eigenvalue weighted by Crippen LogP contribution is 2.24. The molecule has 1 aliphatic rings. The molecule has 0 radical (unpaired) electrons. The smallest absolute Gasteiger partial charge is 0.243 e. The number of aromatic nitrogens is 1. The third kappa shape index (κ3) is 4.65. The molecule has 0 aliphatic carbocycles. The first-order chi connectivity index (χ1) is 14.8. The number of hydrogen-bond donors (Lipinski definition) is 0. The lowest BCUT2D eigenvalue weighted by atomic mass is 10.2. The maximum absolute atomic E-state index is 13.4. The summed E-state index contributed by atoms with van der Waals surface area (Å²) in [4.78, 5) is 18.5. The second-order valence-corrected chi connectivity index (χ2v) is 9.84. The monoisotopic (exact) mass is 463 g/mol. The third-order valence-electron chi connectivity index (χ3n) is 5.03. The van der Waals surface area contributed by atoms with Crippen molar-refractivity contribution in [3.63, 3.8) is 0 Å². The molecule has 6 nitrogen and oxygen atoms in total. The number of halogens is 2. The lowest BCUT2D eigenvalue weighted by molar-refractivity contribution is -0.131. The van der Waals surface area contributed by atoms with Crippen molar-refractivity contribution in [1.82, 2.24) is 14.2 Å². The van der Waals surface area contributed by atoms with E-state index in [9.17, 15) is 22.0 Å². The van der Waals surface area contributed by atoms with Crippen LogP contribution in [0.25, 0.3) is 10.6 Å². The summed E-state index contributed by atoms with van der Waals surface area (Å²) >= 11 is 1.47. The molecule has 4 rings (SSSR count). The molecule has 1 aromatic heterocycles. The van der Waals surface area contributed by atoms with Gasteiger partial charge in [-0.25, -0.2) is 22.2 Å². The maximum Gasteiger partial charge on any atom is 0.243 e. The van der Waals surface area contributed by atoms with Gasteiger partial charge in [0.25, 0.3) is 0 Å². The van der Waals surface area contributed by atoms with Crippen molar-refractivity contribution >= 4 is 27.3 Å². The summed E-state index contributed by atoms with van der Waals surface area (Å²) in [6.07, 6.45) is 0.138. The van der Waals surface area contributed by atoms with Crippen molar-refractivity contribution in [2.75, 3.05) is 26.2 Å². The van der Waals surface area contributed by atoms with Crippen LogP contribution in [0, 0.1) is 11.6 Å². The molecule has 10 heteroatoms. The Kier molecular flexibility index (Phi) is 6.12. The molecule has 1 fully saturated rings. The summed E-state index contributed by atoms with van der Waals surface area (Å²) in [5, 5.41) is 2.69. The quantitative estimate of drug-likeness (QED) is 0.583. The van der Waals surface area contributed by atoms with Crippen molar-refractivity contribution < 1.29 is 22.0 Å². The highest BCUT2D eigenvalue weighted by molar-refractivity contribution is 7.89. The molecule has 1 amide bonds.